The van der Waals surface area contributed by atoms with Crippen molar-refractivity contribution in [2.45, 2.75) is 77.2 Å². The summed E-state index contributed by atoms with van der Waals surface area (Å²) in [6.07, 6.45) is 24.5. The van der Waals surface area contributed by atoms with Gasteiger partial charge in [-0.2, -0.15) is 0 Å². The van der Waals surface area contributed by atoms with Gasteiger partial charge in [0.05, 0.1) is 34.4 Å². The van der Waals surface area contributed by atoms with Gasteiger partial charge < -0.3 is 18.9 Å². The molecule has 0 fully saturated rings. The molecule has 0 heterocycles. The molecule has 8 heteroatoms. The minimum Gasteiger partial charge on any atom is -0.379 e. The van der Waals surface area contributed by atoms with Crippen molar-refractivity contribution in [3.8, 4) is 0 Å². The Balaban J connectivity index is 3.62. The van der Waals surface area contributed by atoms with Crippen LogP contribution in [-0.2, 0) is 23.1 Å². The molecule has 0 bridgehead atoms. The highest BCUT2D eigenvalue weighted by atomic mass is 31.2. The molecule has 2 atom stereocenters. The minimum atomic E-state index is -4.08. The van der Waals surface area contributed by atoms with Crippen LogP contribution in [0.4, 0.5) is 0 Å². The molecule has 2 unspecified atom stereocenters. The van der Waals surface area contributed by atoms with E-state index in [2.05, 4.69) is 43.4 Å². The summed E-state index contributed by atoms with van der Waals surface area (Å²) in [5.41, 5.74) is 0. The van der Waals surface area contributed by atoms with Crippen LogP contribution in [0, 0.1) is 0 Å². The van der Waals surface area contributed by atoms with E-state index in [9.17, 15) is 9.46 Å². The number of likely N-dealkylation sites (N-methyl/N-ethyl adjacent to an activating group) is 1. The van der Waals surface area contributed by atoms with E-state index >= 15 is 0 Å². The van der Waals surface area contributed by atoms with Crippen LogP contribution >= 0.6 is 7.82 Å². The van der Waals surface area contributed by atoms with Crippen molar-refractivity contribution in [3.63, 3.8) is 0 Å². The molecule has 0 aliphatic carbocycles. The molecule has 0 aromatic heterocycles. The minimum absolute atomic E-state index is 0.0459. The molecule has 0 aliphatic heterocycles. The van der Waals surface area contributed by atoms with Crippen molar-refractivity contribution < 1.29 is 32.5 Å². The lowest BCUT2D eigenvalue weighted by molar-refractivity contribution is -0.870. The Labute approximate surface area is 215 Å². The van der Waals surface area contributed by atoms with Gasteiger partial charge in [0.1, 0.15) is 19.3 Å². The maximum Gasteiger partial charge on any atom is 0.472 e. The number of nitrogens with zero attached hydrogens (tertiary/aromatic N) is 1. The maximum absolute atomic E-state index is 12.0. The third-order valence-corrected chi connectivity index (χ3v) is 6.25. The first-order chi connectivity index (χ1) is 16.7. The van der Waals surface area contributed by atoms with Gasteiger partial charge in [0.25, 0.3) is 0 Å². The summed E-state index contributed by atoms with van der Waals surface area (Å²) in [5, 5.41) is 0. The first kappa shape index (κ1) is 34.2. The zero-order chi connectivity index (χ0) is 26.3. The third kappa shape index (κ3) is 26.1. The van der Waals surface area contributed by atoms with Crippen molar-refractivity contribution in [1.82, 2.24) is 0 Å². The molecule has 0 saturated heterocycles. The lowest BCUT2D eigenvalue weighted by Crippen LogP contribution is -2.37. The number of hydrogen-bond donors (Lipinski definition) is 1. The number of phosphoric ester groups is 1. The highest BCUT2D eigenvalue weighted by Gasteiger charge is 2.24. The predicted molar refractivity (Wildman–Crippen MR) is 146 cm³/mol. The normalized spacial score (nSPS) is 15.5. The molecule has 0 aliphatic rings. The highest BCUT2D eigenvalue weighted by molar-refractivity contribution is 7.47. The summed E-state index contributed by atoms with van der Waals surface area (Å²) in [6, 6.07) is 0. The fraction of sp³-hybridized carbons (Fsp3) is 0.778. The van der Waals surface area contributed by atoms with Crippen molar-refractivity contribution in [2.24, 2.45) is 0 Å². The number of hydrogen-bond acceptors (Lipinski definition) is 5. The van der Waals surface area contributed by atoms with Crippen molar-refractivity contribution in [1.29, 1.82) is 0 Å². The lowest BCUT2D eigenvalue weighted by atomic mass is 10.1. The summed E-state index contributed by atoms with van der Waals surface area (Å²) in [5.74, 6) is 0. The topological polar surface area (TPSA) is 74.2 Å². The second kappa shape index (κ2) is 22.4. The molecule has 1 N–H and O–H groups in total. The van der Waals surface area contributed by atoms with E-state index in [0.717, 1.165) is 38.5 Å². The molecule has 0 amide bonds. The SMILES string of the molecule is CC/C=C\C/C=C\C/C=C\CCCCCCCCOCC(COP(=O)(O)OCC[N+](C)(C)C)OC. The van der Waals surface area contributed by atoms with Gasteiger partial charge in [0.15, 0.2) is 0 Å². The molecule has 7 nitrogen and oxygen atoms in total. The Hall–Kier alpha value is -0.790. The van der Waals surface area contributed by atoms with Gasteiger partial charge in [-0.3, -0.25) is 9.05 Å². The molecule has 0 radical (unpaired) electrons. The molecule has 0 rings (SSSR count). The van der Waals surface area contributed by atoms with Crippen LogP contribution in [0.15, 0.2) is 36.5 Å². The summed E-state index contributed by atoms with van der Waals surface area (Å²) < 4.78 is 33.6. The van der Waals surface area contributed by atoms with Crippen molar-refractivity contribution in [2.75, 3.05) is 61.2 Å². The van der Waals surface area contributed by atoms with Gasteiger partial charge in [-0.15, -0.1) is 0 Å². The van der Waals surface area contributed by atoms with Gasteiger partial charge in [-0.1, -0.05) is 69.1 Å². The molecule has 0 spiro atoms. The van der Waals surface area contributed by atoms with Crippen LogP contribution in [0.25, 0.3) is 0 Å². The first-order valence-electron chi connectivity index (χ1n) is 13.2. The van der Waals surface area contributed by atoms with Gasteiger partial charge in [-0.25, -0.2) is 4.57 Å². The number of ether oxygens (including phenoxy) is 2. The van der Waals surface area contributed by atoms with Crippen LogP contribution in [0.5, 0.6) is 0 Å². The van der Waals surface area contributed by atoms with E-state index < -0.39 is 13.9 Å². The van der Waals surface area contributed by atoms with Crippen LogP contribution < -0.4 is 0 Å². The van der Waals surface area contributed by atoms with Crippen molar-refractivity contribution >= 4 is 7.82 Å². The van der Waals surface area contributed by atoms with Crippen LogP contribution in [0.3, 0.4) is 0 Å². The summed E-state index contributed by atoms with van der Waals surface area (Å²) >= 11 is 0. The fourth-order valence-electron chi connectivity index (χ4n) is 3.04. The van der Waals surface area contributed by atoms with E-state index in [1.54, 1.807) is 0 Å². The third-order valence-electron chi connectivity index (χ3n) is 5.27. The molecule has 206 valence electrons. The largest absolute Gasteiger partial charge is 0.472 e. The number of phosphoric acid groups is 1. The van der Waals surface area contributed by atoms with Gasteiger partial charge in [0.2, 0.25) is 0 Å². The number of rotatable bonds is 24. The Morgan fingerprint density at radius 2 is 1.40 bits per heavy atom. The maximum atomic E-state index is 12.0. The second-order valence-corrected chi connectivity index (χ2v) is 11.2. The van der Waals surface area contributed by atoms with E-state index in [0.29, 0.717) is 24.2 Å². The standard InChI is InChI=1S/C27H52NO6P/c1-6-7-8-9-10-11-12-13-14-15-16-17-18-19-20-21-23-32-25-27(31-5)26-34-35(29,30)33-24-22-28(2,3)4/h7-8,10-11,13-14,27H,6,9,12,15-26H2,1-5H3/p+1/b8-7-,11-10-,14-13-. The Bertz CT molecular complexity index is 615. The zero-order valence-corrected chi connectivity index (χ0v) is 23.9. The van der Waals surface area contributed by atoms with Crippen LogP contribution in [0.2, 0.25) is 0 Å². The summed E-state index contributed by atoms with van der Waals surface area (Å²) in [7, 11) is 3.41. The number of unbranched alkanes of at least 4 members (excludes halogenated alkanes) is 6. The van der Waals surface area contributed by atoms with E-state index in [-0.39, 0.29) is 13.2 Å². The average molecular weight is 519 g/mol. The number of allylic oxidation sites excluding steroid dienone is 6. The second-order valence-electron chi connectivity index (χ2n) is 9.75. The fourth-order valence-corrected chi connectivity index (χ4v) is 3.79. The van der Waals surface area contributed by atoms with Gasteiger partial charge in [0, 0.05) is 13.7 Å². The Kier molecular flexibility index (Phi) is 21.9. The number of quaternary nitrogens is 1. The van der Waals surface area contributed by atoms with E-state index in [1.807, 2.05) is 21.1 Å². The molecule has 0 aromatic carbocycles. The first-order valence-corrected chi connectivity index (χ1v) is 14.7. The smallest absolute Gasteiger partial charge is 0.379 e. The van der Waals surface area contributed by atoms with E-state index in [4.69, 9.17) is 18.5 Å². The monoisotopic (exact) mass is 518 g/mol. The highest BCUT2D eigenvalue weighted by Crippen LogP contribution is 2.43. The van der Waals surface area contributed by atoms with Crippen LogP contribution in [-0.4, -0.2) is 76.7 Å². The Morgan fingerprint density at radius 3 is 2.03 bits per heavy atom. The molecular weight excluding hydrogens is 465 g/mol. The predicted octanol–water partition coefficient (Wildman–Crippen LogP) is 6.45. The molecule has 0 aromatic rings. The van der Waals surface area contributed by atoms with Gasteiger partial charge >= 0.3 is 7.82 Å². The molecule has 35 heavy (non-hydrogen) atoms. The van der Waals surface area contributed by atoms with E-state index in [1.165, 1.54) is 32.8 Å². The quantitative estimate of drug-likeness (QED) is 0.0685. The number of methoxy groups -OCH3 is 1. The molecular formula is C27H53NO6P+. The van der Waals surface area contributed by atoms with Gasteiger partial charge in [-0.05, 0) is 38.5 Å². The Morgan fingerprint density at radius 1 is 0.800 bits per heavy atom. The van der Waals surface area contributed by atoms with Crippen LogP contribution in [0.1, 0.15) is 71.1 Å². The molecule has 0 saturated carbocycles. The average Bonchev–Trinajstić information content (AvgIpc) is 2.79. The summed E-state index contributed by atoms with van der Waals surface area (Å²) in [4.78, 5) is 9.78. The zero-order valence-electron chi connectivity index (χ0n) is 23.0. The lowest BCUT2D eigenvalue weighted by Gasteiger charge is -2.24. The van der Waals surface area contributed by atoms with Crippen molar-refractivity contribution in [3.05, 3.63) is 36.5 Å². The summed E-state index contributed by atoms with van der Waals surface area (Å²) in [6.45, 7) is 3.85.